The van der Waals surface area contributed by atoms with Gasteiger partial charge in [-0.25, -0.2) is 0 Å². The molecule has 0 bridgehead atoms. The minimum absolute atomic E-state index is 0.0332. The normalized spacial score (nSPS) is 10.2. The van der Waals surface area contributed by atoms with E-state index < -0.39 is 10.8 Å². The molecule has 1 amide bonds. The Morgan fingerprint density at radius 3 is 2.34 bits per heavy atom. The lowest BCUT2D eigenvalue weighted by Gasteiger charge is -2.11. The van der Waals surface area contributed by atoms with Crippen molar-refractivity contribution in [1.82, 2.24) is 10.3 Å². The first-order valence-corrected chi connectivity index (χ1v) is 9.18. The zero-order chi connectivity index (χ0) is 20.8. The molecule has 0 aliphatic carbocycles. The number of pyridine rings is 1. The first-order valence-electron chi connectivity index (χ1n) is 8.77. The lowest BCUT2D eigenvalue weighted by Crippen LogP contribution is -2.34. The van der Waals surface area contributed by atoms with Gasteiger partial charge in [-0.1, -0.05) is 12.1 Å². The quantitative estimate of drug-likeness (QED) is 0.377. The van der Waals surface area contributed by atoms with E-state index in [2.05, 4.69) is 15.6 Å². The van der Waals surface area contributed by atoms with Crippen molar-refractivity contribution in [2.24, 2.45) is 0 Å². The molecule has 1 heterocycles. The standard InChI is InChI=1S/C21H18N4O3S/c1-14-12-17(4-7-19(14)25(27)28)20(26)24-21(29)23-18-5-2-15(3-6-18)13-16-8-10-22-11-9-16/h2-12H,13H2,1H3,(H2,23,24,26,29). The highest BCUT2D eigenvalue weighted by atomic mass is 32.1. The van der Waals surface area contributed by atoms with Gasteiger partial charge in [-0.05, 0) is 73.1 Å². The van der Waals surface area contributed by atoms with Crippen molar-refractivity contribution in [2.75, 3.05) is 5.32 Å². The zero-order valence-electron chi connectivity index (χ0n) is 15.6. The van der Waals surface area contributed by atoms with Crippen molar-refractivity contribution < 1.29 is 9.72 Å². The van der Waals surface area contributed by atoms with Gasteiger partial charge in [0.15, 0.2) is 5.11 Å². The highest BCUT2D eigenvalue weighted by molar-refractivity contribution is 7.80. The molecule has 146 valence electrons. The third-order valence-corrected chi connectivity index (χ3v) is 4.46. The van der Waals surface area contributed by atoms with Crippen LogP contribution in [0.4, 0.5) is 11.4 Å². The summed E-state index contributed by atoms with van der Waals surface area (Å²) in [7, 11) is 0. The average Bonchev–Trinajstić information content (AvgIpc) is 2.70. The maximum atomic E-state index is 12.3. The lowest BCUT2D eigenvalue weighted by molar-refractivity contribution is -0.385. The Morgan fingerprint density at radius 1 is 1.07 bits per heavy atom. The Balaban J connectivity index is 1.58. The predicted octanol–water partition coefficient (Wildman–Crippen LogP) is 4.02. The zero-order valence-corrected chi connectivity index (χ0v) is 16.4. The molecule has 2 N–H and O–H groups in total. The van der Waals surface area contributed by atoms with Crippen LogP contribution in [-0.4, -0.2) is 20.9 Å². The molecule has 0 saturated carbocycles. The monoisotopic (exact) mass is 406 g/mol. The van der Waals surface area contributed by atoms with E-state index in [1.165, 1.54) is 23.8 Å². The van der Waals surface area contributed by atoms with Crippen LogP contribution in [0.25, 0.3) is 0 Å². The minimum Gasteiger partial charge on any atom is -0.332 e. The van der Waals surface area contributed by atoms with Crippen LogP contribution in [-0.2, 0) is 6.42 Å². The Bertz CT molecular complexity index is 1050. The maximum Gasteiger partial charge on any atom is 0.272 e. The van der Waals surface area contributed by atoms with E-state index in [-0.39, 0.29) is 10.8 Å². The summed E-state index contributed by atoms with van der Waals surface area (Å²) in [5.74, 6) is -0.435. The van der Waals surface area contributed by atoms with Crippen LogP contribution < -0.4 is 10.6 Å². The smallest absolute Gasteiger partial charge is 0.272 e. The number of nitro groups is 1. The fourth-order valence-corrected chi connectivity index (χ4v) is 2.99. The van der Waals surface area contributed by atoms with Gasteiger partial charge in [0.05, 0.1) is 4.92 Å². The summed E-state index contributed by atoms with van der Waals surface area (Å²) in [5, 5.41) is 16.6. The third-order valence-electron chi connectivity index (χ3n) is 4.25. The fraction of sp³-hybridized carbons (Fsp3) is 0.0952. The lowest BCUT2D eigenvalue weighted by atomic mass is 10.1. The summed E-state index contributed by atoms with van der Waals surface area (Å²) in [6.07, 6.45) is 4.32. The number of nitrogens with one attached hydrogen (secondary N) is 2. The first-order chi connectivity index (χ1) is 13.9. The number of nitro benzene ring substituents is 1. The van der Waals surface area contributed by atoms with Crippen LogP contribution >= 0.6 is 12.2 Å². The number of benzene rings is 2. The van der Waals surface area contributed by atoms with Crippen LogP contribution in [0.15, 0.2) is 67.0 Å². The van der Waals surface area contributed by atoms with E-state index in [1.807, 2.05) is 36.4 Å². The van der Waals surface area contributed by atoms with E-state index in [0.29, 0.717) is 11.1 Å². The third kappa shape index (κ3) is 5.43. The Kier molecular flexibility index (Phi) is 6.25. The molecule has 3 rings (SSSR count). The highest BCUT2D eigenvalue weighted by Gasteiger charge is 2.14. The summed E-state index contributed by atoms with van der Waals surface area (Å²) >= 11 is 5.19. The molecular weight excluding hydrogens is 388 g/mol. The maximum absolute atomic E-state index is 12.3. The van der Waals surface area contributed by atoms with Gasteiger partial charge in [0.2, 0.25) is 0 Å². The number of carbonyl (C=O) groups excluding carboxylic acids is 1. The van der Waals surface area contributed by atoms with Gasteiger partial charge in [0.1, 0.15) is 0 Å². The number of nitrogens with zero attached hydrogens (tertiary/aromatic N) is 2. The SMILES string of the molecule is Cc1cc(C(=O)NC(=S)Nc2ccc(Cc3ccncc3)cc2)ccc1[N+](=O)[O-]. The molecule has 0 unspecified atom stereocenters. The van der Waals surface area contributed by atoms with Gasteiger partial charge in [-0.3, -0.25) is 25.2 Å². The van der Waals surface area contributed by atoms with Gasteiger partial charge >= 0.3 is 0 Å². The summed E-state index contributed by atoms with van der Waals surface area (Å²) in [6.45, 7) is 1.58. The summed E-state index contributed by atoms with van der Waals surface area (Å²) in [6, 6.07) is 15.8. The Labute approximate surface area is 172 Å². The number of rotatable bonds is 5. The number of aryl methyl sites for hydroxylation is 1. The summed E-state index contributed by atoms with van der Waals surface area (Å²) in [5.41, 5.74) is 3.72. The van der Waals surface area contributed by atoms with Crippen LogP contribution in [0.3, 0.4) is 0 Å². The molecule has 29 heavy (non-hydrogen) atoms. The van der Waals surface area contributed by atoms with Crippen molar-refractivity contribution >= 4 is 34.6 Å². The molecule has 0 aliphatic heterocycles. The van der Waals surface area contributed by atoms with Crippen molar-refractivity contribution in [3.05, 3.63) is 99.4 Å². The number of hydrogen-bond acceptors (Lipinski definition) is 5. The number of anilines is 1. The van der Waals surface area contributed by atoms with Gasteiger partial charge in [0.25, 0.3) is 11.6 Å². The largest absolute Gasteiger partial charge is 0.332 e. The topological polar surface area (TPSA) is 97.2 Å². The fourth-order valence-electron chi connectivity index (χ4n) is 2.78. The highest BCUT2D eigenvalue weighted by Crippen LogP contribution is 2.19. The van der Waals surface area contributed by atoms with Crippen molar-refractivity contribution in [1.29, 1.82) is 0 Å². The molecule has 0 aliphatic rings. The van der Waals surface area contributed by atoms with Gasteiger partial charge in [-0.2, -0.15) is 0 Å². The molecule has 3 aromatic rings. The number of amides is 1. The van der Waals surface area contributed by atoms with Gasteiger partial charge < -0.3 is 5.32 Å². The molecule has 8 heteroatoms. The predicted molar refractivity (Wildman–Crippen MR) is 115 cm³/mol. The Hall–Kier alpha value is -3.65. The molecule has 0 radical (unpaired) electrons. The van der Waals surface area contributed by atoms with Crippen LogP contribution in [0, 0.1) is 17.0 Å². The molecule has 0 atom stereocenters. The van der Waals surface area contributed by atoms with Crippen LogP contribution in [0.1, 0.15) is 27.0 Å². The number of hydrogen-bond donors (Lipinski definition) is 2. The minimum atomic E-state index is -0.485. The molecule has 7 nitrogen and oxygen atoms in total. The molecule has 0 saturated heterocycles. The van der Waals surface area contributed by atoms with Crippen molar-refractivity contribution in [3.63, 3.8) is 0 Å². The number of carbonyl (C=O) groups is 1. The second kappa shape index (κ2) is 9.03. The van der Waals surface area contributed by atoms with Crippen LogP contribution in [0.2, 0.25) is 0 Å². The van der Waals surface area contributed by atoms with Crippen molar-refractivity contribution in [2.45, 2.75) is 13.3 Å². The molecule has 2 aromatic carbocycles. The molecule has 0 spiro atoms. The first kappa shape index (κ1) is 20.1. The summed E-state index contributed by atoms with van der Waals surface area (Å²) < 4.78 is 0. The van der Waals surface area contributed by atoms with E-state index >= 15 is 0 Å². The van der Waals surface area contributed by atoms with E-state index in [0.717, 1.165) is 17.7 Å². The van der Waals surface area contributed by atoms with E-state index in [9.17, 15) is 14.9 Å². The average molecular weight is 406 g/mol. The van der Waals surface area contributed by atoms with E-state index in [4.69, 9.17) is 12.2 Å². The summed E-state index contributed by atoms with van der Waals surface area (Å²) in [4.78, 5) is 26.7. The van der Waals surface area contributed by atoms with Gasteiger partial charge in [-0.15, -0.1) is 0 Å². The molecule has 0 fully saturated rings. The second-order valence-corrected chi connectivity index (χ2v) is 6.80. The van der Waals surface area contributed by atoms with Gasteiger partial charge in [0, 0.05) is 35.3 Å². The number of aromatic nitrogens is 1. The van der Waals surface area contributed by atoms with Crippen LogP contribution in [0.5, 0.6) is 0 Å². The van der Waals surface area contributed by atoms with Crippen molar-refractivity contribution in [3.8, 4) is 0 Å². The molecular formula is C21H18N4O3S. The second-order valence-electron chi connectivity index (χ2n) is 6.40. The molecule has 1 aromatic heterocycles. The van der Waals surface area contributed by atoms with E-state index in [1.54, 1.807) is 19.3 Å². The Morgan fingerprint density at radius 2 is 1.72 bits per heavy atom. The number of thiocarbonyl (C=S) groups is 1.